The molecule has 148 valence electrons. The molecule has 1 aliphatic heterocycles. The zero-order valence-electron chi connectivity index (χ0n) is 17.0. The number of guanidine groups is 1. The van der Waals surface area contributed by atoms with Crippen LogP contribution in [-0.4, -0.2) is 59.5 Å². The highest BCUT2D eigenvalue weighted by atomic mass is 127. The van der Waals surface area contributed by atoms with Gasteiger partial charge in [-0.1, -0.05) is 13.8 Å². The first-order valence-corrected chi connectivity index (χ1v) is 9.30. The van der Waals surface area contributed by atoms with Crippen molar-refractivity contribution in [3.8, 4) is 0 Å². The molecule has 1 aromatic heterocycles. The highest BCUT2D eigenvalue weighted by Crippen LogP contribution is 2.51. The van der Waals surface area contributed by atoms with Crippen LogP contribution in [0, 0.1) is 11.3 Å². The van der Waals surface area contributed by atoms with E-state index in [9.17, 15) is 0 Å². The average molecular weight is 475 g/mol. The second kappa shape index (κ2) is 8.04. The molecule has 0 radical (unpaired) electrons. The van der Waals surface area contributed by atoms with E-state index in [2.05, 4.69) is 47.3 Å². The fourth-order valence-electron chi connectivity index (χ4n) is 4.28. The summed E-state index contributed by atoms with van der Waals surface area (Å²) in [5, 5.41) is 7.97. The van der Waals surface area contributed by atoms with Gasteiger partial charge in [-0.15, -0.1) is 24.0 Å². The van der Waals surface area contributed by atoms with Gasteiger partial charge in [-0.2, -0.15) is 5.10 Å². The van der Waals surface area contributed by atoms with Gasteiger partial charge in [0.2, 0.25) is 0 Å². The number of aromatic nitrogens is 2. The topological polar surface area (TPSA) is 54.7 Å². The van der Waals surface area contributed by atoms with Gasteiger partial charge in [0, 0.05) is 51.9 Å². The molecule has 1 saturated heterocycles. The van der Waals surface area contributed by atoms with Gasteiger partial charge in [0.15, 0.2) is 5.96 Å². The molecule has 0 aromatic carbocycles. The van der Waals surface area contributed by atoms with Crippen LogP contribution in [0.2, 0.25) is 0 Å². The van der Waals surface area contributed by atoms with Crippen molar-refractivity contribution >= 4 is 29.9 Å². The summed E-state index contributed by atoms with van der Waals surface area (Å²) < 4.78 is 7.63. The SMILES string of the molecule is CN=C(NC1CC(C)(OC)C1(C)C)N1CCC(Cc2cnn(C)c2)C1.I. The van der Waals surface area contributed by atoms with Crippen molar-refractivity contribution in [2.24, 2.45) is 23.4 Å². The fraction of sp³-hybridized carbons (Fsp3) is 0.789. The van der Waals surface area contributed by atoms with Gasteiger partial charge in [0.05, 0.1) is 11.8 Å². The maximum Gasteiger partial charge on any atom is 0.193 e. The molecule has 1 N–H and O–H groups in total. The van der Waals surface area contributed by atoms with E-state index >= 15 is 0 Å². The summed E-state index contributed by atoms with van der Waals surface area (Å²) in [7, 11) is 5.68. The maximum absolute atomic E-state index is 5.74. The van der Waals surface area contributed by atoms with Crippen molar-refractivity contribution in [3.63, 3.8) is 0 Å². The summed E-state index contributed by atoms with van der Waals surface area (Å²) in [4.78, 5) is 6.95. The standard InChI is InChI=1S/C19H33N5O.HI/c1-18(2)16(10-19(18,3)25-6)22-17(20-4)24-8-7-14(13-24)9-15-11-21-23(5)12-15;/h11-12,14,16H,7-10,13H2,1-6H3,(H,20,22);1H. The van der Waals surface area contributed by atoms with Crippen molar-refractivity contribution in [1.29, 1.82) is 0 Å². The highest BCUT2D eigenvalue weighted by Gasteiger charge is 2.58. The smallest absolute Gasteiger partial charge is 0.193 e. The van der Waals surface area contributed by atoms with Crippen molar-refractivity contribution in [3.05, 3.63) is 18.0 Å². The van der Waals surface area contributed by atoms with Crippen molar-refractivity contribution in [2.45, 2.75) is 51.7 Å². The summed E-state index contributed by atoms with van der Waals surface area (Å²) in [5.74, 6) is 1.70. The zero-order chi connectivity index (χ0) is 18.2. The van der Waals surface area contributed by atoms with Gasteiger partial charge in [-0.25, -0.2) is 0 Å². The molecule has 1 aliphatic carbocycles. The molecule has 7 heteroatoms. The Morgan fingerprint density at radius 1 is 1.42 bits per heavy atom. The molecule has 2 aliphatic rings. The van der Waals surface area contributed by atoms with E-state index < -0.39 is 0 Å². The summed E-state index contributed by atoms with van der Waals surface area (Å²) in [5.41, 5.74) is 1.36. The molecule has 26 heavy (non-hydrogen) atoms. The van der Waals surface area contributed by atoms with Crippen molar-refractivity contribution in [1.82, 2.24) is 20.0 Å². The third kappa shape index (κ3) is 3.88. The predicted molar refractivity (Wildman–Crippen MR) is 116 cm³/mol. The quantitative estimate of drug-likeness (QED) is 0.414. The van der Waals surface area contributed by atoms with Crippen LogP contribution < -0.4 is 5.32 Å². The van der Waals surface area contributed by atoms with Gasteiger partial charge in [-0.3, -0.25) is 9.67 Å². The Morgan fingerprint density at radius 2 is 2.15 bits per heavy atom. The Kier molecular flexibility index (Phi) is 6.64. The minimum absolute atomic E-state index is 0. The lowest BCUT2D eigenvalue weighted by Crippen LogP contribution is -2.69. The molecule has 3 atom stereocenters. The largest absolute Gasteiger partial charge is 0.378 e. The third-order valence-electron chi connectivity index (χ3n) is 6.66. The average Bonchev–Trinajstić information content (AvgIpc) is 3.20. The van der Waals surface area contributed by atoms with E-state index in [1.54, 1.807) is 0 Å². The van der Waals surface area contributed by atoms with Crippen molar-refractivity contribution < 1.29 is 4.74 Å². The van der Waals surface area contributed by atoms with Crippen LogP contribution in [0.4, 0.5) is 0 Å². The molecule has 0 spiro atoms. The van der Waals surface area contributed by atoms with Crippen LogP contribution in [0.5, 0.6) is 0 Å². The van der Waals surface area contributed by atoms with E-state index in [0.29, 0.717) is 12.0 Å². The highest BCUT2D eigenvalue weighted by molar-refractivity contribution is 14.0. The van der Waals surface area contributed by atoms with Gasteiger partial charge in [0.1, 0.15) is 0 Å². The van der Waals surface area contributed by atoms with Gasteiger partial charge < -0.3 is 15.0 Å². The monoisotopic (exact) mass is 475 g/mol. The number of halogens is 1. The van der Waals surface area contributed by atoms with E-state index in [1.165, 1.54) is 12.0 Å². The maximum atomic E-state index is 5.74. The Labute approximate surface area is 174 Å². The number of ether oxygens (including phenoxy) is 1. The number of nitrogens with one attached hydrogen (secondary N) is 1. The van der Waals surface area contributed by atoms with Crippen molar-refractivity contribution in [2.75, 3.05) is 27.2 Å². The molecule has 0 bridgehead atoms. The van der Waals surface area contributed by atoms with Crippen LogP contribution in [0.1, 0.15) is 39.2 Å². The number of rotatable bonds is 4. The molecule has 1 aromatic rings. The number of aryl methyl sites for hydroxylation is 1. The molecule has 3 rings (SSSR count). The van der Waals surface area contributed by atoms with Crippen LogP contribution in [0.15, 0.2) is 17.4 Å². The number of methoxy groups -OCH3 is 1. The molecule has 2 heterocycles. The van der Waals surface area contributed by atoms with Gasteiger partial charge in [-0.05, 0) is 37.7 Å². The molecule has 3 unspecified atom stereocenters. The molecular formula is C19H34IN5O. The molecule has 2 fully saturated rings. The van der Waals surface area contributed by atoms with E-state index in [0.717, 1.165) is 31.9 Å². The number of hydrogen-bond donors (Lipinski definition) is 1. The Morgan fingerprint density at radius 3 is 2.69 bits per heavy atom. The predicted octanol–water partition coefficient (Wildman–Crippen LogP) is 2.68. The summed E-state index contributed by atoms with van der Waals surface area (Å²) >= 11 is 0. The normalized spacial score (nSPS) is 30.7. The number of nitrogens with zero attached hydrogens (tertiary/aromatic N) is 4. The number of aliphatic imine (C=N–C) groups is 1. The number of likely N-dealkylation sites (tertiary alicyclic amines) is 1. The summed E-state index contributed by atoms with van der Waals surface area (Å²) in [6.07, 6.45) is 7.43. The Hall–Kier alpha value is -0.830. The molecular weight excluding hydrogens is 441 g/mol. The lowest BCUT2D eigenvalue weighted by molar-refractivity contribution is -0.176. The molecule has 0 amide bonds. The van der Waals surface area contributed by atoms with Crippen LogP contribution in [0.3, 0.4) is 0 Å². The fourth-order valence-corrected chi connectivity index (χ4v) is 4.28. The van der Waals surface area contributed by atoms with Crippen LogP contribution >= 0.6 is 24.0 Å². The lowest BCUT2D eigenvalue weighted by Gasteiger charge is -2.59. The second-order valence-electron chi connectivity index (χ2n) is 8.43. The summed E-state index contributed by atoms with van der Waals surface area (Å²) in [6, 6.07) is 0.397. The van der Waals surface area contributed by atoms with Gasteiger partial charge in [0.25, 0.3) is 0 Å². The van der Waals surface area contributed by atoms with E-state index in [1.807, 2.05) is 32.1 Å². The minimum Gasteiger partial charge on any atom is -0.378 e. The van der Waals surface area contributed by atoms with Crippen LogP contribution in [-0.2, 0) is 18.2 Å². The Balaban J connectivity index is 0.00000243. The molecule has 1 saturated carbocycles. The first kappa shape index (κ1) is 21.5. The van der Waals surface area contributed by atoms with Gasteiger partial charge >= 0.3 is 0 Å². The summed E-state index contributed by atoms with van der Waals surface area (Å²) in [6.45, 7) is 8.89. The number of hydrogen-bond acceptors (Lipinski definition) is 3. The molecule has 6 nitrogen and oxygen atoms in total. The minimum atomic E-state index is -0.0582. The van der Waals surface area contributed by atoms with E-state index in [4.69, 9.17) is 4.74 Å². The second-order valence-corrected chi connectivity index (χ2v) is 8.43. The van der Waals surface area contributed by atoms with Crippen LogP contribution in [0.25, 0.3) is 0 Å². The first-order chi connectivity index (χ1) is 11.8. The zero-order valence-corrected chi connectivity index (χ0v) is 19.3. The van der Waals surface area contributed by atoms with E-state index in [-0.39, 0.29) is 35.0 Å². The Bertz CT molecular complexity index is 644. The third-order valence-corrected chi connectivity index (χ3v) is 6.66. The first-order valence-electron chi connectivity index (χ1n) is 9.30. The lowest BCUT2D eigenvalue weighted by atomic mass is 9.56.